The first-order chi connectivity index (χ1) is 10.1. The number of anilines is 1. The molecule has 21 heavy (non-hydrogen) atoms. The number of hydrogen-bond acceptors (Lipinski definition) is 4. The molecule has 110 valence electrons. The topological polar surface area (TPSA) is 67.4 Å². The lowest BCUT2D eigenvalue weighted by Gasteiger charge is -2.16. The van der Waals surface area contributed by atoms with Gasteiger partial charge in [0.25, 0.3) is 0 Å². The molecule has 0 saturated heterocycles. The van der Waals surface area contributed by atoms with Crippen molar-refractivity contribution in [2.24, 2.45) is 0 Å². The minimum atomic E-state index is -3.50. The second-order valence-electron chi connectivity index (χ2n) is 4.75. The fourth-order valence-corrected chi connectivity index (χ4v) is 3.29. The predicted molar refractivity (Wildman–Crippen MR) is 81.0 cm³/mol. The lowest BCUT2D eigenvalue weighted by atomic mass is 10.1. The molecule has 1 unspecified atom stereocenters. The van der Waals surface area contributed by atoms with Gasteiger partial charge in [-0.05, 0) is 25.2 Å². The Morgan fingerprint density at radius 2 is 1.81 bits per heavy atom. The summed E-state index contributed by atoms with van der Waals surface area (Å²) >= 11 is 0. The molecule has 1 atom stereocenters. The van der Waals surface area contributed by atoms with Gasteiger partial charge >= 0.3 is 0 Å². The number of fused-ring (bicyclic) bond motifs is 1. The van der Waals surface area contributed by atoms with Crippen molar-refractivity contribution < 1.29 is 13.2 Å². The van der Waals surface area contributed by atoms with Crippen LogP contribution in [0, 0.1) is 0 Å². The van der Waals surface area contributed by atoms with Crippen molar-refractivity contribution in [3.05, 3.63) is 54.1 Å². The summed E-state index contributed by atoms with van der Waals surface area (Å²) in [5.74, 6) is 0.837. The number of sulfonamides is 1. The monoisotopic (exact) mass is 304 g/mol. The van der Waals surface area contributed by atoms with Crippen molar-refractivity contribution >= 4 is 15.7 Å². The summed E-state index contributed by atoms with van der Waals surface area (Å²) in [6.07, 6.45) is 0. The van der Waals surface area contributed by atoms with Gasteiger partial charge in [0.2, 0.25) is 10.0 Å². The molecular formula is C15H16N2O3S. The predicted octanol–water partition coefficient (Wildman–Crippen LogP) is 2.14. The highest BCUT2D eigenvalue weighted by Crippen LogP contribution is 2.35. The van der Waals surface area contributed by atoms with Crippen LogP contribution >= 0.6 is 0 Å². The van der Waals surface area contributed by atoms with Crippen LogP contribution in [-0.4, -0.2) is 22.1 Å². The molecule has 0 spiro atoms. The Labute approximate surface area is 124 Å². The van der Waals surface area contributed by atoms with Gasteiger partial charge in [-0.2, -0.15) is 0 Å². The van der Waals surface area contributed by atoms with Gasteiger partial charge in [0.15, 0.2) is 0 Å². The second-order valence-corrected chi connectivity index (χ2v) is 6.60. The van der Waals surface area contributed by atoms with E-state index in [1.165, 1.54) is 7.05 Å². The fourth-order valence-electron chi connectivity index (χ4n) is 2.40. The Bertz CT molecular complexity index is 759. The smallest absolute Gasteiger partial charge is 0.242 e. The highest BCUT2D eigenvalue weighted by Gasteiger charge is 2.25. The number of nitrogens with one attached hydrogen (secondary N) is 2. The second kappa shape index (κ2) is 5.38. The number of rotatable bonds is 4. The molecule has 0 fully saturated rings. The summed E-state index contributed by atoms with van der Waals surface area (Å²) in [6, 6.07) is 14.5. The molecule has 1 heterocycles. The van der Waals surface area contributed by atoms with Crippen LogP contribution in [-0.2, 0) is 10.0 Å². The van der Waals surface area contributed by atoms with Crippen LogP contribution in [0.15, 0.2) is 53.4 Å². The highest BCUT2D eigenvalue weighted by atomic mass is 32.2. The van der Waals surface area contributed by atoms with Gasteiger partial charge in [0.1, 0.15) is 17.3 Å². The normalized spacial score (nSPS) is 17.1. The van der Waals surface area contributed by atoms with Gasteiger partial charge in [-0.1, -0.05) is 30.3 Å². The van der Waals surface area contributed by atoms with Gasteiger partial charge < -0.3 is 10.1 Å². The highest BCUT2D eigenvalue weighted by molar-refractivity contribution is 7.89. The van der Waals surface area contributed by atoms with E-state index in [0.29, 0.717) is 12.3 Å². The third-order valence-corrected chi connectivity index (χ3v) is 4.95. The summed E-state index contributed by atoms with van der Waals surface area (Å²) in [5.41, 5.74) is 1.60. The Morgan fingerprint density at radius 3 is 2.62 bits per heavy atom. The van der Waals surface area contributed by atoms with Crippen LogP contribution in [0.2, 0.25) is 0 Å². The third kappa shape index (κ3) is 2.59. The lowest BCUT2D eigenvalue weighted by Crippen LogP contribution is -2.21. The molecule has 0 saturated carbocycles. The van der Waals surface area contributed by atoms with Crippen molar-refractivity contribution in [3.63, 3.8) is 0 Å². The summed E-state index contributed by atoms with van der Waals surface area (Å²) in [6.45, 7) is 0.479. The van der Waals surface area contributed by atoms with Crippen molar-refractivity contribution in [3.8, 4) is 5.75 Å². The minimum Gasteiger partial charge on any atom is -0.491 e. The molecule has 3 rings (SSSR count). The van der Waals surface area contributed by atoms with E-state index in [0.717, 1.165) is 11.3 Å². The first-order valence-electron chi connectivity index (χ1n) is 6.62. The summed E-state index contributed by atoms with van der Waals surface area (Å²) < 4.78 is 32.1. The average molecular weight is 304 g/mol. The summed E-state index contributed by atoms with van der Waals surface area (Å²) in [4.78, 5) is 0.233. The van der Waals surface area contributed by atoms with Crippen molar-refractivity contribution in [2.75, 3.05) is 19.0 Å². The Balaban J connectivity index is 1.94. The number of benzene rings is 2. The molecule has 0 radical (unpaired) electrons. The molecule has 2 N–H and O–H groups in total. The molecule has 0 aliphatic carbocycles. The molecule has 2 aromatic rings. The molecule has 0 bridgehead atoms. The maximum Gasteiger partial charge on any atom is 0.242 e. The zero-order chi connectivity index (χ0) is 14.9. The first kappa shape index (κ1) is 13.9. The van der Waals surface area contributed by atoms with Gasteiger partial charge in [0.05, 0.1) is 11.7 Å². The molecular weight excluding hydrogens is 288 g/mol. The average Bonchev–Trinajstić information content (AvgIpc) is 2.91. The van der Waals surface area contributed by atoms with Crippen LogP contribution < -0.4 is 14.8 Å². The molecule has 5 nitrogen and oxygen atoms in total. The number of para-hydroxylation sites is 2. The van der Waals surface area contributed by atoms with Gasteiger partial charge in [-0.3, -0.25) is 0 Å². The Morgan fingerprint density at radius 1 is 1.10 bits per heavy atom. The zero-order valence-electron chi connectivity index (χ0n) is 11.5. The molecule has 0 aromatic heterocycles. The van der Waals surface area contributed by atoms with Gasteiger partial charge in [0, 0.05) is 5.56 Å². The molecule has 1 aliphatic heterocycles. The lowest BCUT2D eigenvalue weighted by molar-refractivity contribution is 0.339. The standard InChI is InChI=1S/C15H16N2O3S/c1-16-21(18,19)15-9-5-3-7-12(15)17-13-10-20-14-8-4-2-6-11(13)14/h2-9,13,16-17H,10H2,1H3. The zero-order valence-corrected chi connectivity index (χ0v) is 12.4. The third-order valence-electron chi connectivity index (χ3n) is 3.47. The molecule has 0 amide bonds. The van der Waals surface area contributed by atoms with E-state index in [-0.39, 0.29) is 10.9 Å². The van der Waals surface area contributed by atoms with Crippen LogP contribution in [0.3, 0.4) is 0 Å². The van der Waals surface area contributed by atoms with Crippen LogP contribution in [0.1, 0.15) is 11.6 Å². The SMILES string of the molecule is CNS(=O)(=O)c1ccccc1NC1COc2ccccc21. The molecule has 2 aromatic carbocycles. The Kier molecular flexibility index (Phi) is 3.57. The summed E-state index contributed by atoms with van der Waals surface area (Å²) in [7, 11) is -2.10. The molecule has 1 aliphatic rings. The number of hydrogen-bond donors (Lipinski definition) is 2. The number of ether oxygens (including phenoxy) is 1. The van der Waals surface area contributed by atoms with Crippen LogP contribution in [0.4, 0.5) is 5.69 Å². The maximum atomic E-state index is 12.1. The van der Waals surface area contributed by atoms with E-state index in [1.807, 2.05) is 24.3 Å². The first-order valence-corrected chi connectivity index (χ1v) is 8.11. The van der Waals surface area contributed by atoms with Crippen molar-refractivity contribution in [2.45, 2.75) is 10.9 Å². The van der Waals surface area contributed by atoms with Gasteiger partial charge in [-0.15, -0.1) is 0 Å². The molecule has 6 heteroatoms. The minimum absolute atomic E-state index is 0.0607. The Hall–Kier alpha value is -2.05. The largest absolute Gasteiger partial charge is 0.491 e. The van der Waals surface area contributed by atoms with E-state index in [2.05, 4.69) is 10.0 Å². The van der Waals surface area contributed by atoms with E-state index in [4.69, 9.17) is 4.74 Å². The van der Waals surface area contributed by atoms with Crippen molar-refractivity contribution in [1.29, 1.82) is 0 Å². The maximum absolute atomic E-state index is 12.1. The van der Waals surface area contributed by atoms with Crippen LogP contribution in [0.25, 0.3) is 0 Å². The summed E-state index contributed by atoms with van der Waals surface area (Å²) in [5, 5.41) is 3.26. The van der Waals surface area contributed by atoms with E-state index in [1.54, 1.807) is 24.3 Å². The van der Waals surface area contributed by atoms with E-state index < -0.39 is 10.0 Å². The quantitative estimate of drug-likeness (QED) is 0.908. The van der Waals surface area contributed by atoms with Gasteiger partial charge in [-0.25, -0.2) is 13.1 Å². The van der Waals surface area contributed by atoms with Crippen molar-refractivity contribution in [1.82, 2.24) is 4.72 Å². The van der Waals surface area contributed by atoms with E-state index >= 15 is 0 Å². The fraction of sp³-hybridized carbons (Fsp3) is 0.200. The van der Waals surface area contributed by atoms with Crippen LogP contribution in [0.5, 0.6) is 5.75 Å². The van der Waals surface area contributed by atoms with E-state index in [9.17, 15) is 8.42 Å².